The molecular formula is C11H18O. The van der Waals surface area contributed by atoms with Crippen molar-refractivity contribution in [1.29, 1.82) is 0 Å². The lowest BCUT2D eigenvalue weighted by Gasteiger charge is -1.99. The van der Waals surface area contributed by atoms with Gasteiger partial charge in [0.1, 0.15) is 11.5 Å². The molecule has 1 rings (SSSR count). The number of furan rings is 1. The van der Waals surface area contributed by atoms with Crippen molar-refractivity contribution >= 4 is 0 Å². The van der Waals surface area contributed by atoms with Crippen LogP contribution in [0.25, 0.3) is 0 Å². The lowest BCUT2D eigenvalue weighted by Crippen LogP contribution is -1.85. The van der Waals surface area contributed by atoms with Gasteiger partial charge < -0.3 is 4.42 Å². The molecule has 1 aromatic heterocycles. The minimum Gasteiger partial charge on any atom is -0.466 e. The predicted molar refractivity (Wildman–Crippen MR) is 51.6 cm³/mol. The summed E-state index contributed by atoms with van der Waals surface area (Å²) in [4.78, 5) is 0. The highest BCUT2D eigenvalue weighted by Crippen LogP contribution is 2.26. The summed E-state index contributed by atoms with van der Waals surface area (Å²) in [6.07, 6.45) is 0. The smallest absolute Gasteiger partial charge is 0.106 e. The predicted octanol–water partition coefficient (Wildman–Crippen LogP) is 3.83. The van der Waals surface area contributed by atoms with Gasteiger partial charge in [0.05, 0.1) is 0 Å². The summed E-state index contributed by atoms with van der Waals surface area (Å²) in [5.74, 6) is 3.25. The Hall–Kier alpha value is -0.720. The fraction of sp³-hybridized carbons (Fsp3) is 0.636. The van der Waals surface area contributed by atoms with E-state index in [1.165, 1.54) is 5.56 Å². The second kappa shape index (κ2) is 3.34. The van der Waals surface area contributed by atoms with Gasteiger partial charge in [0, 0.05) is 5.92 Å². The van der Waals surface area contributed by atoms with Gasteiger partial charge in [-0.15, -0.1) is 0 Å². The molecule has 1 heterocycles. The highest BCUT2D eigenvalue weighted by atomic mass is 16.3. The van der Waals surface area contributed by atoms with Crippen LogP contribution in [0.4, 0.5) is 0 Å². The first-order valence-corrected chi connectivity index (χ1v) is 4.62. The van der Waals surface area contributed by atoms with Crippen LogP contribution in [0, 0.1) is 6.92 Å². The molecule has 1 nitrogen and oxygen atoms in total. The largest absolute Gasteiger partial charge is 0.466 e. The summed E-state index contributed by atoms with van der Waals surface area (Å²) < 4.78 is 5.64. The van der Waals surface area contributed by atoms with Crippen LogP contribution in [-0.4, -0.2) is 0 Å². The maximum atomic E-state index is 5.64. The quantitative estimate of drug-likeness (QED) is 0.650. The molecule has 0 amide bonds. The second-order valence-electron chi connectivity index (χ2n) is 3.97. The molecule has 0 aliphatic carbocycles. The van der Waals surface area contributed by atoms with Crippen LogP contribution in [0.5, 0.6) is 0 Å². The van der Waals surface area contributed by atoms with Crippen LogP contribution in [0.15, 0.2) is 10.5 Å². The summed E-state index contributed by atoms with van der Waals surface area (Å²) >= 11 is 0. The number of rotatable bonds is 2. The minimum absolute atomic E-state index is 0.496. The molecule has 0 saturated carbocycles. The van der Waals surface area contributed by atoms with Crippen LogP contribution >= 0.6 is 0 Å². The summed E-state index contributed by atoms with van der Waals surface area (Å²) in [5, 5.41) is 0. The molecule has 12 heavy (non-hydrogen) atoms. The Morgan fingerprint density at radius 1 is 1.08 bits per heavy atom. The van der Waals surface area contributed by atoms with E-state index >= 15 is 0 Å². The van der Waals surface area contributed by atoms with Crippen LogP contribution in [0.3, 0.4) is 0 Å². The zero-order chi connectivity index (χ0) is 9.30. The van der Waals surface area contributed by atoms with Crippen LogP contribution in [0.1, 0.15) is 56.6 Å². The Balaban J connectivity index is 3.00. The zero-order valence-corrected chi connectivity index (χ0v) is 8.64. The second-order valence-corrected chi connectivity index (χ2v) is 3.97. The van der Waals surface area contributed by atoms with Crippen molar-refractivity contribution in [2.24, 2.45) is 0 Å². The molecule has 0 atom stereocenters. The molecule has 0 aliphatic rings. The van der Waals surface area contributed by atoms with E-state index in [0.29, 0.717) is 11.8 Å². The third kappa shape index (κ3) is 1.71. The van der Waals surface area contributed by atoms with Gasteiger partial charge in [-0.25, -0.2) is 0 Å². The van der Waals surface area contributed by atoms with E-state index in [0.717, 1.165) is 11.5 Å². The molecule has 68 valence electrons. The van der Waals surface area contributed by atoms with Gasteiger partial charge in [0.25, 0.3) is 0 Å². The van der Waals surface area contributed by atoms with Crippen molar-refractivity contribution in [2.45, 2.75) is 46.5 Å². The summed E-state index contributed by atoms with van der Waals surface area (Å²) in [7, 11) is 0. The lowest BCUT2D eigenvalue weighted by atomic mass is 10.0. The maximum Gasteiger partial charge on any atom is 0.106 e. The van der Waals surface area contributed by atoms with Gasteiger partial charge in [-0.1, -0.05) is 27.7 Å². The van der Waals surface area contributed by atoms with Crippen molar-refractivity contribution in [1.82, 2.24) is 0 Å². The molecule has 0 aromatic carbocycles. The summed E-state index contributed by atoms with van der Waals surface area (Å²) in [5.41, 5.74) is 1.35. The van der Waals surface area contributed by atoms with E-state index < -0.39 is 0 Å². The van der Waals surface area contributed by atoms with Crippen molar-refractivity contribution in [3.63, 3.8) is 0 Å². The standard InChI is InChI=1S/C11H18O/c1-7(2)10-6-11(8(3)4)12-9(10)5/h6-8H,1-5H3. The molecule has 0 radical (unpaired) electrons. The Labute approximate surface area is 74.8 Å². The van der Waals surface area contributed by atoms with Gasteiger partial charge >= 0.3 is 0 Å². The van der Waals surface area contributed by atoms with Crippen molar-refractivity contribution in [2.75, 3.05) is 0 Å². The summed E-state index contributed by atoms with van der Waals surface area (Å²) in [6.45, 7) is 10.7. The average molecular weight is 166 g/mol. The molecule has 0 N–H and O–H groups in total. The highest BCUT2D eigenvalue weighted by molar-refractivity contribution is 5.25. The van der Waals surface area contributed by atoms with E-state index in [2.05, 4.69) is 33.8 Å². The third-order valence-electron chi connectivity index (χ3n) is 2.17. The molecule has 0 spiro atoms. The molecular weight excluding hydrogens is 148 g/mol. The highest BCUT2D eigenvalue weighted by Gasteiger charge is 2.11. The summed E-state index contributed by atoms with van der Waals surface area (Å²) in [6, 6.07) is 2.19. The minimum atomic E-state index is 0.496. The zero-order valence-electron chi connectivity index (χ0n) is 8.64. The SMILES string of the molecule is Cc1oc(C(C)C)cc1C(C)C. The van der Waals surface area contributed by atoms with E-state index in [1.54, 1.807) is 0 Å². The Morgan fingerprint density at radius 2 is 1.67 bits per heavy atom. The number of aryl methyl sites for hydroxylation is 1. The van der Waals surface area contributed by atoms with Crippen molar-refractivity contribution in [3.05, 3.63) is 23.2 Å². The first-order chi connectivity index (χ1) is 5.52. The average Bonchev–Trinajstić information content (AvgIpc) is 2.30. The molecule has 0 aliphatic heterocycles. The van der Waals surface area contributed by atoms with Crippen molar-refractivity contribution in [3.8, 4) is 0 Å². The van der Waals surface area contributed by atoms with Crippen LogP contribution in [-0.2, 0) is 0 Å². The number of hydrogen-bond acceptors (Lipinski definition) is 1. The van der Waals surface area contributed by atoms with Crippen LogP contribution in [0.2, 0.25) is 0 Å². The molecule has 1 aromatic rings. The van der Waals surface area contributed by atoms with Gasteiger partial charge in [-0.2, -0.15) is 0 Å². The first-order valence-electron chi connectivity index (χ1n) is 4.62. The first kappa shape index (κ1) is 9.37. The Bertz CT molecular complexity index is 256. The van der Waals surface area contributed by atoms with Gasteiger partial charge in [0.2, 0.25) is 0 Å². The third-order valence-corrected chi connectivity index (χ3v) is 2.17. The van der Waals surface area contributed by atoms with Gasteiger partial charge in [-0.05, 0) is 24.5 Å². The monoisotopic (exact) mass is 166 g/mol. The topological polar surface area (TPSA) is 13.1 Å². The molecule has 1 heteroatoms. The van der Waals surface area contributed by atoms with Crippen LogP contribution < -0.4 is 0 Å². The van der Waals surface area contributed by atoms with Crippen molar-refractivity contribution < 1.29 is 4.42 Å². The molecule has 0 saturated heterocycles. The molecule has 0 bridgehead atoms. The fourth-order valence-electron chi connectivity index (χ4n) is 1.38. The lowest BCUT2D eigenvalue weighted by molar-refractivity contribution is 0.460. The normalized spacial score (nSPS) is 11.6. The van der Waals surface area contributed by atoms with E-state index in [9.17, 15) is 0 Å². The number of hydrogen-bond donors (Lipinski definition) is 0. The van der Waals surface area contributed by atoms with Gasteiger partial charge in [0.15, 0.2) is 0 Å². The van der Waals surface area contributed by atoms with E-state index in [4.69, 9.17) is 4.42 Å². The molecule has 0 fully saturated rings. The fourth-order valence-corrected chi connectivity index (χ4v) is 1.38. The molecule has 0 unspecified atom stereocenters. The van der Waals surface area contributed by atoms with Gasteiger partial charge in [-0.3, -0.25) is 0 Å². The van der Waals surface area contributed by atoms with E-state index in [-0.39, 0.29) is 0 Å². The Morgan fingerprint density at radius 3 is 1.92 bits per heavy atom. The van der Waals surface area contributed by atoms with E-state index in [1.807, 2.05) is 6.92 Å². The Kier molecular flexibility index (Phi) is 2.61. The maximum absolute atomic E-state index is 5.64.